The van der Waals surface area contributed by atoms with Crippen molar-refractivity contribution in [3.63, 3.8) is 0 Å². The Morgan fingerprint density at radius 2 is 1.96 bits per heavy atom. The highest BCUT2D eigenvalue weighted by atomic mass is 16.2. The maximum atomic E-state index is 12.6. The molecule has 0 unspecified atom stereocenters. The molecule has 24 heavy (non-hydrogen) atoms. The lowest BCUT2D eigenvalue weighted by atomic mass is 9.89. The van der Waals surface area contributed by atoms with Crippen molar-refractivity contribution in [1.82, 2.24) is 24.9 Å². The second-order valence-corrected chi connectivity index (χ2v) is 6.87. The molecular formula is C17H22N6O. The summed E-state index contributed by atoms with van der Waals surface area (Å²) in [6.07, 6.45) is 2.90. The van der Waals surface area contributed by atoms with Crippen molar-refractivity contribution in [2.45, 2.75) is 13.3 Å². The molecule has 126 valence electrons. The Morgan fingerprint density at radius 3 is 2.67 bits per heavy atom. The fourth-order valence-electron chi connectivity index (χ4n) is 3.79. The standard InChI is InChI=1S/C17H22N6O/c1-12-3-4-16(19-18-12)22-8-5-13-9-23(11-14(13)10-22)17(24)15-6-7-21(2)20-15/h3-4,6-7,13-14H,5,8-11H2,1-2H3/t13-,14+/m0/s1. The van der Waals surface area contributed by atoms with E-state index >= 15 is 0 Å². The smallest absolute Gasteiger partial charge is 0.274 e. The molecule has 0 N–H and O–H groups in total. The van der Waals surface area contributed by atoms with E-state index < -0.39 is 0 Å². The van der Waals surface area contributed by atoms with Crippen molar-refractivity contribution < 1.29 is 4.79 Å². The van der Waals surface area contributed by atoms with Gasteiger partial charge in [-0.1, -0.05) is 0 Å². The van der Waals surface area contributed by atoms with Gasteiger partial charge in [-0.3, -0.25) is 9.48 Å². The predicted octanol–water partition coefficient (Wildman–Crippen LogP) is 1.12. The van der Waals surface area contributed by atoms with E-state index in [2.05, 4.69) is 20.2 Å². The fourth-order valence-corrected chi connectivity index (χ4v) is 3.79. The van der Waals surface area contributed by atoms with Crippen LogP contribution in [0.3, 0.4) is 0 Å². The molecule has 0 spiro atoms. The van der Waals surface area contributed by atoms with Gasteiger partial charge in [0.1, 0.15) is 5.69 Å². The lowest BCUT2D eigenvalue weighted by Crippen LogP contribution is -2.40. The highest BCUT2D eigenvalue weighted by Crippen LogP contribution is 2.33. The van der Waals surface area contributed by atoms with E-state index in [-0.39, 0.29) is 5.91 Å². The minimum Gasteiger partial charge on any atom is -0.355 e. The van der Waals surface area contributed by atoms with Crippen LogP contribution in [0.25, 0.3) is 0 Å². The number of anilines is 1. The molecule has 0 aliphatic carbocycles. The summed E-state index contributed by atoms with van der Waals surface area (Å²) in [6, 6.07) is 5.83. The van der Waals surface area contributed by atoms with Crippen molar-refractivity contribution in [2.24, 2.45) is 18.9 Å². The maximum absolute atomic E-state index is 12.6. The molecule has 0 aromatic carbocycles. The van der Waals surface area contributed by atoms with Crippen LogP contribution >= 0.6 is 0 Å². The Labute approximate surface area is 141 Å². The number of rotatable bonds is 2. The number of likely N-dealkylation sites (tertiary alicyclic amines) is 1. The van der Waals surface area contributed by atoms with Gasteiger partial charge < -0.3 is 9.80 Å². The minimum atomic E-state index is 0.0478. The number of carbonyl (C=O) groups is 1. The first-order chi connectivity index (χ1) is 11.6. The van der Waals surface area contributed by atoms with Crippen molar-refractivity contribution in [3.05, 3.63) is 35.8 Å². The largest absolute Gasteiger partial charge is 0.355 e. The average molecular weight is 326 g/mol. The van der Waals surface area contributed by atoms with E-state index in [1.54, 1.807) is 10.7 Å². The van der Waals surface area contributed by atoms with Crippen LogP contribution in [0.5, 0.6) is 0 Å². The van der Waals surface area contributed by atoms with E-state index in [0.717, 1.165) is 44.1 Å². The number of piperidine rings is 1. The van der Waals surface area contributed by atoms with Gasteiger partial charge in [-0.25, -0.2) is 0 Å². The SMILES string of the molecule is Cc1ccc(N2CC[C@H]3CN(C(=O)c4ccn(C)n4)C[C@H]3C2)nn1. The zero-order valence-corrected chi connectivity index (χ0v) is 14.1. The second-order valence-electron chi connectivity index (χ2n) is 6.87. The molecule has 1 amide bonds. The molecule has 0 bridgehead atoms. The molecule has 7 heteroatoms. The quantitative estimate of drug-likeness (QED) is 0.827. The number of amides is 1. The molecule has 2 aromatic rings. The summed E-state index contributed by atoms with van der Waals surface area (Å²) in [4.78, 5) is 16.9. The number of hydrogen-bond acceptors (Lipinski definition) is 5. The number of hydrogen-bond donors (Lipinski definition) is 0. The van der Waals surface area contributed by atoms with Crippen LogP contribution < -0.4 is 4.90 Å². The van der Waals surface area contributed by atoms with Crippen molar-refractivity contribution in [1.29, 1.82) is 0 Å². The Bertz CT molecular complexity index is 740. The van der Waals surface area contributed by atoms with Crippen molar-refractivity contribution in [2.75, 3.05) is 31.1 Å². The van der Waals surface area contributed by atoms with Gasteiger partial charge in [-0.15, -0.1) is 5.10 Å². The summed E-state index contributed by atoms with van der Waals surface area (Å²) in [5.41, 5.74) is 1.47. The maximum Gasteiger partial charge on any atom is 0.274 e. The Balaban J connectivity index is 1.44. The Hall–Kier alpha value is -2.44. The average Bonchev–Trinajstić information content (AvgIpc) is 3.20. The Kier molecular flexibility index (Phi) is 3.70. The summed E-state index contributed by atoms with van der Waals surface area (Å²) in [5.74, 6) is 2.06. The molecule has 7 nitrogen and oxygen atoms in total. The van der Waals surface area contributed by atoms with E-state index in [0.29, 0.717) is 17.5 Å². The summed E-state index contributed by atoms with van der Waals surface area (Å²) >= 11 is 0. The van der Waals surface area contributed by atoms with Crippen LogP contribution in [0.15, 0.2) is 24.4 Å². The minimum absolute atomic E-state index is 0.0478. The number of aromatic nitrogens is 4. The zero-order chi connectivity index (χ0) is 16.7. The lowest BCUT2D eigenvalue weighted by molar-refractivity contribution is 0.0778. The third-order valence-corrected chi connectivity index (χ3v) is 5.13. The number of nitrogens with zero attached hydrogens (tertiary/aromatic N) is 6. The van der Waals surface area contributed by atoms with Crippen LogP contribution in [-0.2, 0) is 7.05 Å². The third kappa shape index (κ3) is 2.74. The molecule has 2 aromatic heterocycles. The van der Waals surface area contributed by atoms with E-state index in [1.165, 1.54) is 0 Å². The van der Waals surface area contributed by atoms with Gasteiger partial charge in [0.2, 0.25) is 0 Å². The van der Waals surface area contributed by atoms with Gasteiger partial charge in [0.05, 0.1) is 5.69 Å². The molecule has 4 rings (SSSR count). The molecule has 0 saturated carbocycles. The van der Waals surface area contributed by atoms with Crippen LogP contribution in [0.1, 0.15) is 22.6 Å². The third-order valence-electron chi connectivity index (χ3n) is 5.13. The van der Waals surface area contributed by atoms with Crippen molar-refractivity contribution >= 4 is 11.7 Å². The number of aryl methyl sites for hydroxylation is 2. The van der Waals surface area contributed by atoms with Gasteiger partial charge in [-0.05, 0) is 43.4 Å². The summed E-state index contributed by atoms with van der Waals surface area (Å²) in [6.45, 7) is 5.50. The molecule has 4 heterocycles. The highest BCUT2D eigenvalue weighted by Gasteiger charge is 2.39. The van der Waals surface area contributed by atoms with Crippen LogP contribution in [-0.4, -0.2) is 57.0 Å². The fraction of sp³-hybridized carbons (Fsp3) is 0.529. The molecule has 2 atom stereocenters. The first-order valence-corrected chi connectivity index (χ1v) is 8.44. The predicted molar refractivity (Wildman–Crippen MR) is 89.7 cm³/mol. The topological polar surface area (TPSA) is 67.2 Å². The van der Waals surface area contributed by atoms with E-state index in [4.69, 9.17) is 0 Å². The summed E-state index contributed by atoms with van der Waals surface area (Å²) in [5, 5.41) is 12.7. The lowest BCUT2D eigenvalue weighted by Gasteiger charge is -2.34. The van der Waals surface area contributed by atoms with Crippen LogP contribution in [0, 0.1) is 18.8 Å². The first kappa shape index (κ1) is 15.1. The van der Waals surface area contributed by atoms with Crippen molar-refractivity contribution in [3.8, 4) is 0 Å². The van der Waals surface area contributed by atoms with E-state index in [9.17, 15) is 4.79 Å². The van der Waals surface area contributed by atoms with Gasteiger partial charge in [0.15, 0.2) is 5.82 Å². The molecule has 2 fully saturated rings. The Morgan fingerprint density at radius 1 is 1.12 bits per heavy atom. The van der Waals surface area contributed by atoms with Gasteiger partial charge >= 0.3 is 0 Å². The second kappa shape index (κ2) is 5.89. The molecule has 2 saturated heterocycles. The molecule has 2 aliphatic heterocycles. The highest BCUT2D eigenvalue weighted by molar-refractivity contribution is 5.92. The normalized spacial score (nSPS) is 23.4. The van der Waals surface area contributed by atoms with Crippen LogP contribution in [0.4, 0.5) is 5.82 Å². The summed E-state index contributed by atoms with van der Waals surface area (Å²) < 4.78 is 1.67. The summed E-state index contributed by atoms with van der Waals surface area (Å²) in [7, 11) is 1.83. The molecule has 0 radical (unpaired) electrons. The number of fused-ring (bicyclic) bond motifs is 1. The zero-order valence-electron chi connectivity index (χ0n) is 14.1. The van der Waals surface area contributed by atoms with Crippen LogP contribution in [0.2, 0.25) is 0 Å². The van der Waals surface area contributed by atoms with Gasteiger partial charge in [0, 0.05) is 39.4 Å². The van der Waals surface area contributed by atoms with Gasteiger partial charge in [-0.2, -0.15) is 10.2 Å². The first-order valence-electron chi connectivity index (χ1n) is 8.44. The van der Waals surface area contributed by atoms with Gasteiger partial charge in [0.25, 0.3) is 5.91 Å². The monoisotopic (exact) mass is 326 g/mol. The number of carbonyl (C=O) groups excluding carboxylic acids is 1. The molecular weight excluding hydrogens is 304 g/mol. The molecule has 2 aliphatic rings. The van der Waals surface area contributed by atoms with E-state index in [1.807, 2.05) is 37.2 Å².